The fraction of sp³-hybridized carbons (Fsp3) is 0.556. The lowest BCUT2D eigenvalue weighted by molar-refractivity contribution is -0.899. The molecule has 1 aromatic rings. The third-order valence-electron chi connectivity index (χ3n) is 4.40. The number of piperidine rings is 1. The molecule has 0 aromatic heterocycles. The molecule has 2 rings (SSSR count). The number of rotatable bonds is 6. The zero-order chi connectivity index (χ0) is 17.5. The maximum atomic E-state index is 12.3. The number of carbonyl (C=O) groups is 2. The first-order chi connectivity index (χ1) is 11.5. The second-order valence-electron chi connectivity index (χ2n) is 6.31. The van der Waals surface area contributed by atoms with E-state index in [-0.39, 0.29) is 23.8 Å². The van der Waals surface area contributed by atoms with Gasteiger partial charge in [0.15, 0.2) is 6.54 Å². The molecular weight excluding hydrogens is 328 g/mol. The van der Waals surface area contributed by atoms with Crippen molar-refractivity contribution in [3.8, 4) is 0 Å². The van der Waals surface area contributed by atoms with Crippen molar-refractivity contribution in [3.05, 3.63) is 34.9 Å². The topological polar surface area (TPSA) is 59.8 Å². The Morgan fingerprint density at radius 3 is 2.75 bits per heavy atom. The number of benzene rings is 1. The largest absolute Gasteiger partial charge is 0.466 e. The average Bonchev–Trinajstić information content (AvgIpc) is 2.55. The number of hydrogen-bond acceptors (Lipinski definition) is 3. The Balaban J connectivity index is 1.83. The highest BCUT2D eigenvalue weighted by atomic mass is 35.5. The fourth-order valence-corrected chi connectivity index (χ4v) is 3.25. The summed E-state index contributed by atoms with van der Waals surface area (Å²) in [6, 6.07) is 7.40. The molecule has 3 atom stereocenters. The molecule has 6 heteroatoms. The molecule has 1 aliphatic heterocycles. The van der Waals surface area contributed by atoms with Crippen LogP contribution in [-0.4, -0.2) is 38.1 Å². The summed E-state index contributed by atoms with van der Waals surface area (Å²) in [6.07, 6.45) is 1.80. The number of likely N-dealkylation sites (tertiary alicyclic amines) is 1. The predicted molar refractivity (Wildman–Crippen MR) is 92.9 cm³/mol. The van der Waals surface area contributed by atoms with Crippen molar-refractivity contribution < 1.29 is 19.2 Å². The summed E-state index contributed by atoms with van der Waals surface area (Å²) >= 11 is 5.88. The standard InChI is InChI=1S/C18H25ClN2O3/c1-3-24-18(23)15-5-4-10-21(11-15)12-17(22)20-13(2)14-6-8-16(19)9-7-14/h6-9,13,15H,3-5,10-12H2,1-2H3,(H,20,22)/p+1/t13-,15-/m0/s1. The Morgan fingerprint density at radius 1 is 1.38 bits per heavy atom. The van der Waals surface area contributed by atoms with Gasteiger partial charge in [-0.1, -0.05) is 23.7 Å². The van der Waals surface area contributed by atoms with E-state index in [1.165, 1.54) is 0 Å². The van der Waals surface area contributed by atoms with Crippen LogP contribution in [0.15, 0.2) is 24.3 Å². The SMILES string of the molecule is CCOC(=O)[C@H]1CCC[NH+](CC(=O)N[C@@H](C)c2ccc(Cl)cc2)C1. The van der Waals surface area contributed by atoms with Crippen molar-refractivity contribution in [2.45, 2.75) is 32.7 Å². The molecule has 1 saturated heterocycles. The molecule has 24 heavy (non-hydrogen) atoms. The van der Waals surface area contributed by atoms with E-state index in [1.807, 2.05) is 38.1 Å². The smallest absolute Gasteiger partial charge is 0.314 e. The van der Waals surface area contributed by atoms with E-state index >= 15 is 0 Å². The van der Waals surface area contributed by atoms with Crippen LogP contribution in [0.3, 0.4) is 0 Å². The van der Waals surface area contributed by atoms with Crippen LogP contribution < -0.4 is 10.2 Å². The third kappa shape index (κ3) is 5.49. The zero-order valence-electron chi connectivity index (χ0n) is 14.3. The Hall–Kier alpha value is -1.59. The monoisotopic (exact) mass is 353 g/mol. The Kier molecular flexibility index (Phi) is 7.06. The summed E-state index contributed by atoms with van der Waals surface area (Å²) in [6.45, 7) is 6.14. The van der Waals surface area contributed by atoms with E-state index < -0.39 is 0 Å². The average molecular weight is 354 g/mol. The van der Waals surface area contributed by atoms with Crippen LogP contribution in [0.4, 0.5) is 0 Å². The Bertz CT molecular complexity index is 562. The summed E-state index contributed by atoms with van der Waals surface area (Å²) < 4.78 is 5.10. The summed E-state index contributed by atoms with van der Waals surface area (Å²) in [5, 5.41) is 3.69. The summed E-state index contributed by atoms with van der Waals surface area (Å²) in [5.74, 6) is -0.225. The number of ether oxygens (including phenoxy) is 1. The molecule has 0 radical (unpaired) electrons. The van der Waals surface area contributed by atoms with E-state index in [9.17, 15) is 9.59 Å². The molecule has 0 saturated carbocycles. The van der Waals surface area contributed by atoms with Gasteiger partial charge in [0.2, 0.25) is 0 Å². The van der Waals surface area contributed by atoms with Crippen molar-refractivity contribution in [1.29, 1.82) is 0 Å². The van der Waals surface area contributed by atoms with Gasteiger partial charge in [-0.15, -0.1) is 0 Å². The van der Waals surface area contributed by atoms with Crippen LogP contribution in [0.2, 0.25) is 5.02 Å². The first-order valence-corrected chi connectivity index (χ1v) is 8.92. The van der Waals surface area contributed by atoms with E-state index in [4.69, 9.17) is 16.3 Å². The maximum absolute atomic E-state index is 12.3. The Labute approximate surface area is 148 Å². The van der Waals surface area contributed by atoms with Crippen LogP contribution in [0, 0.1) is 5.92 Å². The van der Waals surface area contributed by atoms with Gasteiger partial charge in [-0.05, 0) is 44.4 Å². The highest BCUT2D eigenvalue weighted by Crippen LogP contribution is 2.15. The number of halogens is 1. The molecule has 1 unspecified atom stereocenters. The number of amides is 1. The highest BCUT2D eigenvalue weighted by Gasteiger charge is 2.30. The molecule has 0 spiro atoms. The van der Waals surface area contributed by atoms with Crippen LogP contribution in [0.5, 0.6) is 0 Å². The molecule has 1 aromatic carbocycles. The van der Waals surface area contributed by atoms with Crippen LogP contribution in [0.1, 0.15) is 38.3 Å². The lowest BCUT2D eigenvalue weighted by Gasteiger charge is -2.28. The lowest BCUT2D eigenvalue weighted by atomic mass is 9.98. The van der Waals surface area contributed by atoms with E-state index in [1.54, 1.807) is 0 Å². The molecule has 1 aliphatic rings. The second-order valence-corrected chi connectivity index (χ2v) is 6.75. The minimum absolute atomic E-state index is 0.00282. The molecule has 0 aliphatic carbocycles. The van der Waals surface area contributed by atoms with Gasteiger partial charge in [-0.2, -0.15) is 0 Å². The summed E-state index contributed by atoms with van der Waals surface area (Å²) in [4.78, 5) is 25.3. The van der Waals surface area contributed by atoms with Gasteiger partial charge >= 0.3 is 5.97 Å². The van der Waals surface area contributed by atoms with Crippen molar-refractivity contribution >= 4 is 23.5 Å². The van der Waals surface area contributed by atoms with Crippen LogP contribution >= 0.6 is 11.6 Å². The van der Waals surface area contributed by atoms with Crippen molar-refractivity contribution in [2.24, 2.45) is 5.92 Å². The zero-order valence-corrected chi connectivity index (χ0v) is 15.1. The molecule has 1 fully saturated rings. The predicted octanol–water partition coefficient (Wildman–Crippen LogP) is 1.38. The summed E-state index contributed by atoms with van der Waals surface area (Å²) in [7, 11) is 0. The van der Waals surface area contributed by atoms with Gasteiger partial charge in [-0.25, -0.2) is 0 Å². The minimum Gasteiger partial charge on any atom is -0.466 e. The maximum Gasteiger partial charge on any atom is 0.314 e. The van der Waals surface area contributed by atoms with Gasteiger partial charge in [0.05, 0.1) is 25.7 Å². The van der Waals surface area contributed by atoms with Crippen molar-refractivity contribution in [2.75, 3.05) is 26.2 Å². The Morgan fingerprint density at radius 2 is 2.08 bits per heavy atom. The van der Waals surface area contributed by atoms with Gasteiger partial charge in [-0.3, -0.25) is 9.59 Å². The molecule has 5 nitrogen and oxygen atoms in total. The molecule has 2 N–H and O–H groups in total. The minimum atomic E-state index is -0.135. The normalized spacial score (nSPS) is 21.8. The summed E-state index contributed by atoms with van der Waals surface area (Å²) in [5.41, 5.74) is 1.02. The van der Waals surface area contributed by atoms with Crippen molar-refractivity contribution in [1.82, 2.24) is 5.32 Å². The molecule has 1 heterocycles. The van der Waals surface area contributed by atoms with Crippen LogP contribution in [-0.2, 0) is 14.3 Å². The van der Waals surface area contributed by atoms with Crippen molar-refractivity contribution in [3.63, 3.8) is 0 Å². The molecule has 0 bridgehead atoms. The van der Waals surface area contributed by atoms with E-state index in [0.29, 0.717) is 24.7 Å². The van der Waals surface area contributed by atoms with E-state index in [2.05, 4.69) is 5.32 Å². The number of nitrogens with one attached hydrogen (secondary N) is 2. The fourth-order valence-electron chi connectivity index (χ4n) is 3.13. The van der Waals surface area contributed by atoms with Crippen LogP contribution in [0.25, 0.3) is 0 Å². The first-order valence-electron chi connectivity index (χ1n) is 8.54. The highest BCUT2D eigenvalue weighted by molar-refractivity contribution is 6.30. The molecule has 1 amide bonds. The molecule has 132 valence electrons. The van der Waals surface area contributed by atoms with Gasteiger partial charge < -0.3 is 15.0 Å². The van der Waals surface area contributed by atoms with E-state index in [0.717, 1.165) is 29.8 Å². The number of esters is 1. The quantitative estimate of drug-likeness (QED) is 0.759. The van der Waals surface area contributed by atoms with Gasteiger partial charge in [0.1, 0.15) is 5.92 Å². The third-order valence-corrected chi connectivity index (χ3v) is 4.65. The van der Waals surface area contributed by atoms with Gasteiger partial charge in [0.25, 0.3) is 5.91 Å². The lowest BCUT2D eigenvalue weighted by Crippen LogP contribution is -3.14. The van der Waals surface area contributed by atoms with Gasteiger partial charge in [0, 0.05) is 5.02 Å². The number of hydrogen-bond donors (Lipinski definition) is 2. The number of carbonyl (C=O) groups excluding carboxylic acids is 2. The second kappa shape index (κ2) is 9.04. The number of quaternary nitrogens is 1. The first kappa shape index (κ1) is 18.7. The molecular formula is C18H26ClN2O3+.